The maximum Gasteiger partial charge on any atom is 0.255 e. The lowest BCUT2D eigenvalue weighted by Crippen LogP contribution is -2.34. The number of aryl methyl sites for hydroxylation is 1. The highest BCUT2D eigenvalue weighted by Gasteiger charge is 2.39. The summed E-state index contributed by atoms with van der Waals surface area (Å²) in [5, 5.41) is 0. The molecule has 1 saturated carbocycles. The zero-order chi connectivity index (χ0) is 20.1. The number of H-pyrrole nitrogens is 1. The van der Waals surface area contributed by atoms with E-state index in [9.17, 15) is 4.79 Å². The summed E-state index contributed by atoms with van der Waals surface area (Å²) in [5.41, 5.74) is 6.07. The van der Waals surface area contributed by atoms with Crippen molar-refractivity contribution in [2.45, 2.75) is 44.2 Å². The van der Waals surface area contributed by atoms with Gasteiger partial charge >= 0.3 is 0 Å². The van der Waals surface area contributed by atoms with Crippen molar-refractivity contribution >= 4 is 17.7 Å². The highest BCUT2D eigenvalue weighted by atomic mass is 32.2. The first-order valence-electron chi connectivity index (χ1n) is 10.1. The molecule has 5 rings (SSSR count). The lowest BCUT2D eigenvalue weighted by Gasteiger charge is -2.24. The van der Waals surface area contributed by atoms with E-state index in [0.717, 1.165) is 44.4 Å². The number of hydrogen-bond donors (Lipinski definition) is 1. The first kappa shape index (κ1) is 18.4. The first-order chi connectivity index (χ1) is 14.0. The van der Waals surface area contributed by atoms with E-state index in [-0.39, 0.29) is 5.91 Å². The van der Waals surface area contributed by atoms with Crippen molar-refractivity contribution in [2.75, 3.05) is 6.26 Å². The van der Waals surface area contributed by atoms with Gasteiger partial charge in [-0.05, 0) is 79.8 Å². The van der Waals surface area contributed by atoms with Gasteiger partial charge in [0.05, 0.1) is 5.56 Å². The monoisotopic (exact) mass is 404 g/mol. The fourth-order valence-electron chi connectivity index (χ4n) is 4.21. The zero-order valence-electron chi connectivity index (χ0n) is 16.9. The van der Waals surface area contributed by atoms with Gasteiger partial charge < -0.3 is 9.88 Å². The predicted octanol–water partition coefficient (Wildman–Crippen LogP) is 4.92. The molecular formula is C23H24N4OS. The van der Waals surface area contributed by atoms with Crippen LogP contribution < -0.4 is 0 Å². The Labute approximate surface area is 175 Å². The molecule has 0 radical (unpaired) electrons. The standard InChI is InChI=1S/C23H24N4OS/c1-13-11-25-22(26-13)19-9-16(6-7-24-19)17-8-18-12-27(14(2)15-4-5-15)23(28)21(18)20(10-17)29-3/h6-11,14-15H,4-5,12H2,1-3H3,(H,25,26). The topological polar surface area (TPSA) is 61.9 Å². The second-order valence-electron chi connectivity index (χ2n) is 8.07. The van der Waals surface area contributed by atoms with E-state index >= 15 is 0 Å². The highest BCUT2D eigenvalue weighted by molar-refractivity contribution is 7.98. The van der Waals surface area contributed by atoms with Crippen LogP contribution in [0.1, 0.15) is 41.4 Å². The van der Waals surface area contributed by atoms with Gasteiger partial charge in [0.2, 0.25) is 0 Å². The largest absolute Gasteiger partial charge is 0.341 e. The van der Waals surface area contributed by atoms with Crippen LogP contribution in [0.4, 0.5) is 0 Å². The quantitative estimate of drug-likeness (QED) is 0.613. The van der Waals surface area contributed by atoms with Gasteiger partial charge in [-0.25, -0.2) is 4.98 Å². The van der Waals surface area contributed by atoms with E-state index in [1.165, 1.54) is 12.8 Å². The molecule has 1 fully saturated rings. The minimum absolute atomic E-state index is 0.191. The Morgan fingerprint density at radius 3 is 2.72 bits per heavy atom. The molecule has 29 heavy (non-hydrogen) atoms. The Morgan fingerprint density at radius 1 is 1.21 bits per heavy atom. The number of rotatable bonds is 5. The summed E-state index contributed by atoms with van der Waals surface area (Å²) >= 11 is 1.65. The lowest BCUT2D eigenvalue weighted by atomic mass is 10.0. The molecule has 6 heteroatoms. The number of hydrogen-bond acceptors (Lipinski definition) is 4. The number of nitrogens with zero attached hydrogens (tertiary/aromatic N) is 3. The van der Waals surface area contributed by atoms with E-state index < -0.39 is 0 Å². The Morgan fingerprint density at radius 2 is 2.03 bits per heavy atom. The third kappa shape index (κ3) is 3.25. The van der Waals surface area contributed by atoms with Crippen molar-refractivity contribution in [1.29, 1.82) is 0 Å². The second-order valence-corrected chi connectivity index (χ2v) is 8.92. The fraction of sp³-hybridized carbons (Fsp3) is 0.348. The van der Waals surface area contributed by atoms with E-state index in [4.69, 9.17) is 0 Å². The van der Waals surface area contributed by atoms with Crippen molar-refractivity contribution in [2.24, 2.45) is 5.92 Å². The fourth-order valence-corrected chi connectivity index (χ4v) is 4.88. The summed E-state index contributed by atoms with van der Waals surface area (Å²) in [5.74, 6) is 1.64. The number of fused-ring (bicyclic) bond motifs is 1. The summed E-state index contributed by atoms with van der Waals surface area (Å²) in [6.07, 6.45) is 8.17. The highest BCUT2D eigenvalue weighted by Crippen LogP contribution is 2.41. The van der Waals surface area contributed by atoms with Gasteiger partial charge in [0.1, 0.15) is 5.69 Å². The molecule has 2 aromatic heterocycles. The number of pyridine rings is 1. The average Bonchev–Trinajstić information content (AvgIpc) is 3.42. The molecule has 148 valence electrons. The van der Waals surface area contributed by atoms with Crippen LogP contribution in [-0.2, 0) is 6.54 Å². The van der Waals surface area contributed by atoms with Gasteiger partial charge in [-0.3, -0.25) is 9.78 Å². The van der Waals surface area contributed by atoms with Crippen molar-refractivity contribution < 1.29 is 4.79 Å². The number of thioether (sulfide) groups is 1. The third-order valence-electron chi connectivity index (χ3n) is 6.05. The lowest BCUT2D eigenvalue weighted by molar-refractivity contribution is 0.0695. The molecule has 1 N–H and O–H groups in total. The molecule has 0 spiro atoms. The number of amides is 1. The molecule has 1 atom stereocenters. The Balaban J connectivity index is 1.53. The van der Waals surface area contributed by atoms with Crippen LogP contribution >= 0.6 is 11.8 Å². The molecule has 3 aromatic rings. The van der Waals surface area contributed by atoms with Crippen LogP contribution in [0.3, 0.4) is 0 Å². The summed E-state index contributed by atoms with van der Waals surface area (Å²) in [7, 11) is 0. The van der Waals surface area contributed by atoms with Gasteiger partial charge in [-0.15, -0.1) is 11.8 Å². The van der Waals surface area contributed by atoms with Gasteiger partial charge in [0.25, 0.3) is 5.91 Å². The number of nitrogens with one attached hydrogen (secondary N) is 1. The minimum atomic E-state index is 0.191. The van der Waals surface area contributed by atoms with Crippen molar-refractivity contribution in [3.05, 3.63) is 53.5 Å². The number of carbonyl (C=O) groups is 1. The SMILES string of the molecule is CSc1cc(-c2ccnc(-c3ncc(C)[nH]3)c2)cc2c1C(=O)N(C(C)C1CC1)C2. The number of aromatic nitrogens is 3. The number of imidazole rings is 1. The van der Waals surface area contributed by atoms with E-state index in [0.29, 0.717) is 18.5 Å². The van der Waals surface area contributed by atoms with Gasteiger partial charge in [0.15, 0.2) is 5.82 Å². The van der Waals surface area contributed by atoms with Crippen molar-refractivity contribution in [3.63, 3.8) is 0 Å². The molecule has 5 nitrogen and oxygen atoms in total. The molecule has 1 aromatic carbocycles. The number of benzene rings is 1. The first-order valence-corrected chi connectivity index (χ1v) is 11.3. The predicted molar refractivity (Wildman–Crippen MR) is 116 cm³/mol. The van der Waals surface area contributed by atoms with Crippen LogP contribution in [0.15, 0.2) is 41.6 Å². The maximum atomic E-state index is 13.1. The van der Waals surface area contributed by atoms with Crippen molar-refractivity contribution in [1.82, 2.24) is 19.9 Å². The molecule has 1 aliphatic heterocycles. The van der Waals surface area contributed by atoms with E-state index in [2.05, 4.69) is 45.0 Å². The molecule has 1 amide bonds. The Kier molecular flexibility index (Phi) is 4.46. The van der Waals surface area contributed by atoms with E-state index in [1.54, 1.807) is 11.8 Å². The maximum absolute atomic E-state index is 13.1. The van der Waals surface area contributed by atoms with Gasteiger partial charge in [-0.1, -0.05) is 0 Å². The average molecular weight is 405 g/mol. The van der Waals surface area contributed by atoms with Crippen LogP contribution in [0, 0.1) is 12.8 Å². The van der Waals surface area contributed by atoms with Crippen LogP contribution in [0.25, 0.3) is 22.6 Å². The van der Waals surface area contributed by atoms with Crippen LogP contribution in [0.5, 0.6) is 0 Å². The van der Waals surface area contributed by atoms with Gasteiger partial charge in [0, 0.05) is 35.6 Å². The van der Waals surface area contributed by atoms with Crippen molar-refractivity contribution in [3.8, 4) is 22.6 Å². The molecule has 0 bridgehead atoms. The van der Waals surface area contributed by atoms with Crippen LogP contribution in [-0.4, -0.2) is 38.1 Å². The number of carbonyl (C=O) groups excluding carboxylic acids is 1. The zero-order valence-corrected chi connectivity index (χ0v) is 17.7. The number of aromatic amines is 1. The Bertz CT molecular complexity index is 1100. The molecule has 1 aliphatic carbocycles. The Hall–Kier alpha value is -2.60. The molecule has 3 heterocycles. The molecule has 0 saturated heterocycles. The molecule has 2 aliphatic rings. The minimum Gasteiger partial charge on any atom is -0.341 e. The summed E-state index contributed by atoms with van der Waals surface area (Å²) in [4.78, 5) is 28.4. The van der Waals surface area contributed by atoms with E-state index in [1.807, 2.05) is 31.6 Å². The summed E-state index contributed by atoms with van der Waals surface area (Å²) in [6, 6.07) is 8.72. The second kappa shape index (κ2) is 7.02. The normalized spacial score (nSPS) is 16.9. The van der Waals surface area contributed by atoms with Crippen LogP contribution in [0.2, 0.25) is 0 Å². The third-order valence-corrected chi connectivity index (χ3v) is 6.82. The molecular weight excluding hydrogens is 380 g/mol. The summed E-state index contributed by atoms with van der Waals surface area (Å²) in [6.45, 7) is 4.89. The molecule has 1 unspecified atom stereocenters. The summed E-state index contributed by atoms with van der Waals surface area (Å²) < 4.78 is 0. The smallest absolute Gasteiger partial charge is 0.255 e. The van der Waals surface area contributed by atoms with Gasteiger partial charge in [-0.2, -0.15) is 0 Å².